The number of anilines is 1. The SMILES string of the molecule is Cc1cc(C)cc(NC(N)=NCCC2(C)OCCO2)c1.I. The lowest BCUT2D eigenvalue weighted by atomic mass is 10.1. The fraction of sp³-hybridized carbons (Fsp3) is 0.533. The number of guanidine groups is 1. The molecule has 2 rings (SSSR count). The first kappa shape index (κ1) is 18.2. The first-order valence-electron chi connectivity index (χ1n) is 6.90. The summed E-state index contributed by atoms with van der Waals surface area (Å²) in [5.41, 5.74) is 9.24. The van der Waals surface area contributed by atoms with E-state index in [9.17, 15) is 0 Å². The van der Waals surface area contributed by atoms with Gasteiger partial charge in [-0.1, -0.05) is 6.07 Å². The van der Waals surface area contributed by atoms with Crippen molar-refractivity contribution in [3.63, 3.8) is 0 Å². The summed E-state index contributed by atoms with van der Waals surface area (Å²) in [5, 5.41) is 3.11. The number of benzene rings is 1. The van der Waals surface area contributed by atoms with Crippen LogP contribution in [0.3, 0.4) is 0 Å². The van der Waals surface area contributed by atoms with Gasteiger partial charge in [-0.2, -0.15) is 0 Å². The van der Waals surface area contributed by atoms with Crippen LogP contribution in [0.15, 0.2) is 23.2 Å². The average molecular weight is 405 g/mol. The van der Waals surface area contributed by atoms with Gasteiger partial charge >= 0.3 is 0 Å². The van der Waals surface area contributed by atoms with E-state index in [1.165, 1.54) is 11.1 Å². The molecule has 0 radical (unpaired) electrons. The molecule has 1 aromatic carbocycles. The largest absolute Gasteiger partial charge is 0.370 e. The van der Waals surface area contributed by atoms with Gasteiger partial charge in [0.2, 0.25) is 0 Å². The fourth-order valence-electron chi connectivity index (χ4n) is 2.31. The summed E-state index contributed by atoms with van der Waals surface area (Å²) in [7, 11) is 0. The van der Waals surface area contributed by atoms with Crippen molar-refractivity contribution in [1.29, 1.82) is 0 Å². The number of ether oxygens (including phenoxy) is 2. The lowest BCUT2D eigenvalue weighted by molar-refractivity contribution is -0.144. The minimum absolute atomic E-state index is 0. The van der Waals surface area contributed by atoms with Gasteiger partial charge in [0.25, 0.3) is 0 Å². The molecule has 6 heteroatoms. The zero-order chi connectivity index (χ0) is 14.6. The third-order valence-corrected chi connectivity index (χ3v) is 3.24. The molecule has 1 aromatic rings. The van der Waals surface area contributed by atoms with Crippen LogP contribution in [0.1, 0.15) is 24.5 Å². The maximum atomic E-state index is 5.89. The molecule has 118 valence electrons. The standard InChI is InChI=1S/C15H23N3O2.HI/c1-11-8-12(2)10-13(9-11)18-14(16)17-5-4-15(3)19-6-7-20-15;/h8-10H,4-7H2,1-3H3,(H3,16,17,18);1H. The monoisotopic (exact) mass is 405 g/mol. The average Bonchev–Trinajstić information content (AvgIpc) is 2.74. The van der Waals surface area contributed by atoms with Gasteiger partial charge in [0.15, 0.2) is 11.7 Å². The predicted molar refractivity (Wildman–Crippen MR) is 96.4 cm³/mol. The molecule has 0 amide bonds. The van der Waals surface area contributed by atoms with Crippen LogP contribution in [0.25, 0.3) is 0 Å². The van der Waals surface area contributed by atoms with Crippen molar-refractivity contribution in [2.75, 3.05) is 25.1 Å². The summed E-state index contributed by atoms with van der Waals surface area (Å²) < 4.78 is 11.0. The molecule has 0 aliphatic carbocycles. The van der Waals surface area contributed by atoms with Gasteiger partial charge in [0, 0.05) is 18.7 Å². The first-order valence-corrected chi connectivity index (χ1v) is 6.90. The maximum absolute atomic E-state index is 5.89. The molecule has 0 spiro atoms. The van der Waals surface area contributed by atoms with Crippen molar-refractivity contribution in [1.82, 2.24) is 0 Å². The number of hydrogen-bond donors (Lipinski definition) is 2. The van der Waals surface area contributed by atoms with Crippen LogP contribution in [0.4, 0.5) is 5.69 Å². The van der Waals surface area contributed by atoms with E-state index >= 15 is 0 Å². The van der Waals surface area contributed by atoms with Crippen molar-refractivity contribution >= 4 is 35.6 Å². The second-order valence-corrected chi connectivity index (χ2v) is 5.35. The number of halogens is 1. The van der Waals surface area contributed by atoms with E-state index in [0.717, 1.165) is 5.69 Å². The number of nitrogens with one attached hydrogen (secondary N) is 1. The third kappa shape index (κ3) is 5.80. The van der Waals surface area contributed by atoms with E-state index < -0.39 is 5.79 Å². The highest BCUT2D eigenvalue weighted by atomic mass is 127. The van der Waals surface area contributed by atoms with Crippen LogP contribution in [0.5, 0.6) is 0 Å². The Balaban J connectivity index is 0.00000220. The number of aliphatic imine (C=N–C) groups is 1. The predicted octanol–water partition coefficient (Wildman–Crippen LogP) is 2.80. The molecule has 1 aliphatic rings. The summed E-state index contributed by atoms with van der Waals surface area (Å²) >= 11 is 0. The lowest BCUT2D eigenvalue weighted by Crippen LogP contribution is -2.28. The molecule has 1 aliphatic heterocycles. The van der Waals surface area contributed by atoms with Crippen LogP contribution >= 0.6 is 24.0 Å². The van der Waals surface area contributed by atoms with Crippen molar-refractivity contribution in [2.45, 2.75) is 33.0 Å². The van der Waals surface area contributed by atoms with Crippen LogP contribution in [0, 0.1) is 13.8 Å². The van der Waals surface area contributed by atoms with Gasteiger partial charge in [-0.25, -0.2) is 0 Å². The zero-order valence-electron chi connectivity index (χ0n) is 12.8. The van der Waals surface area contributed by atoms with Gasteiger partial charge in [0.1, 0.15) is 0 Å². The molecular weight excluding hydrogens is 381 g/mol. The van der Waals surface area contributed by atoms with Crippen LogP contribution in [0.2, 0.25) is 0 Å². The number of hydrogen-bond acceptors (Lipinski definition) is 3. The van der Waals surface area contributed by atoms with Crippen molar-refractivity contribution in [2.24, 2.45) is 10.7 Å². The van der Waals surface area contributed by atoms with Crippen LogP contribution in [-0.4, -0.2) is 31.5 Å². The van der Waals surface area contributed by atoms with Crippen LogP contribution in [-0.2, 0) is 9.47 Å². The van der Waals surface area contributed by atoms with Gasteiger partial charge in [-0.3, -0.25) is 4.99 Å². The first-order chi connectivity index (χ1) is 9.47. The van der Waals surface area contributed by atoms with E-state index in [1.54, 1.807) is 0 Å². The minimum atomic E-state index is -0.510. The normalized spacial score (nSPS) is 17.4. The molecule has 1 saturated heterocycles. The zero-order valence-corrected chi connectivity index (χ0v) is 15.1. The summed E-state index contributed by atoms with van der Waals surface area (Å²) in [6.45, 7) is 7.92. The van der Waals surface area contributed by atoms with Gasteiger partial charge < -0.3 is 20.5 Å². The molecular formula is C15H24IN3O2. The second kappa shape index (κ2) is 7.95. The summed E-state index contributed by atoms with van der Waals surface area (Å²) in [6, 6.07) is 6.20. The van der Waals surface area contributed by atoms with Crippen molar-refractivity contribution < 1.29 is 9.47 Å². The van der Waals surface area contributed by atoms with E-state index in [-0.39, 0.29) is 24.0 Å². The Bertz CT molecular complexity index is 479. The Hall–Kier alpha value is -0.860. The summed E-state index contributed by atoms with van der Waals surface area (Å²) in [5.74, 6) is -0.0967. The molecule has 0 bridgehead atoms. The summed E-state index contributed by atoms with van der Waals surface area (Å²) in [6.07, 6.45) is 0.697. The number of nitrogens with two attached hydrogens (primary N) is 1. The second-order valence-electron chi connectivity index (χ2n) is 5.35. The highest BCUT2D eigenvalue weighted by molar-refractivity contribution is 14.0. The maximum Gasteiger partial charge on any atom is 0.193 e. The number of aryl methyl sites for hydroxylation is 2. The Morgan fingerprint density at radius 3 is 2.38 bits per heavy atom. The molecule has 1 fully saturated rings. The Morgan fingerprint density at radius 2 is 1.81 bits per heavy atom. The Labute approximate surface area is 143 Å². The van der Waals surface area contributed by atoms with Gasteiger partial charge in [0.05, 0.1) is 13.2 Å². The molecule has 1 heterocycles. The fourth-order valence-corrected chi connectivity index (χ4v) is 2.31. The van der Waals surface area contributed by atoms with Crippen LogP contribution < -0.4 is 11.1 Å². The smallest absolute Gasteiger partial charge is 0.193 e. The topological polar surface area (TPSA) is 68.9 Å². The highest BCUT2D eigenvalue weighted by Crippen LogP contribution is 2.22. The molecule has 0 saturated carbocycles. The van der Waals surface area contributed by atoms with E-state index in [2.05, 4.69) is 30.2 Å². The third-order valence-electron chi connectivity index (χ3n) is 3.24. The van der Waals surface area contributed by atoms with E-state index in [0.29, 0.717) is 32.1 Å². The molecule has 5 nitrogen and oxygen atoms in total. The minimum Gasteiger partial charge on any atom is -0.370 e. The molecule has 0 unspecified atom stereocenters. The molecule has 0 aromatic heterocycles. The Morgan fingerprint density at radius 1 is 1.24 bits per heavy atom. The van der Waals surface area contributed by atoms with E-state index in [4.69, 9.17) is 15.2 Å². The summed E-state index contributed by atoms with van der Waals surface area (Å²) in [4.78, 5) is 4.31. The molecule has 21 heavy (non-hydrogen) atoms. The van der Waals surface area contributed by atoms with E-state index in [1.807, 2.05) is 19.1 Å². The molecule has 0 atom stereocenters. The Kier molecular flexibility index (Phi) is 6.89. The van der Waals surface area contributed by atoms with Gasteiger partial charge in [-0.15, -0.1) is 24.0 Å². The quantitative estimate of drug-likeness (QED) is 0.459. The van der Waals surface area contributed by atoms with Crippen molar-refractivity contribution in [3.8, 4) is 0 Å². The lowest BCUT2D eigenvalue weighted by Gasteiger charge is -2.20. The van der Waals surface area contributed by atoms with Gasteiger partial charge in [-0.05, 0) is 44.0 Å². The highest BCUT2D eigenvalue weighted by Gasteiger charge is 2.30. The number of rotatable bonds is 4. The molecule has 3 N–H and O–H groups in total. The number of nitrogens with zero attached hydrogens (tertiary/aromatic N) is 1. The van der Waals surface area contributed by atoms with Crippen molar-refractivity contribution in [3.05, 3.63) is 29.3 Å².